The Kier molecular flexibility index (Phi) is 4.44. The van der Waals surface area contributed by atoms with Gasteiger partial charge in [0.2, 0.25) is 0 Å². The molecule has 7 heteroatoms. The highest BCUT2D eigenvalue weighted by Gasteiger charge is 2.34. The third kappa shape index (κ3) is 2.95. The number of carbonyl (C=O) groups excluding carboxylic acids is 2. The Hall–Kier alpha value is -3.45. The molecule has 28 heavy (non-hydrogen) atoms. The quantitative estimate of drug-likeness (QED) is 0.424. The van der Waals surface area contributed by atoms with Gasteiger partial charge in [-0.15, -0.1) is 0 Å². The number of amides is 2. The zero-order valence-electron chi connectivity index (χ0n) is 15.3. The number of hydrogen-bond donors (Lipinski definition) is 1. The van der Waals surface area contributed by atoms with Gasteiger partial charge in [-0.2, -0.15) is 0 Å². The van der Waals surface area contributed by atoms with Crippen LogP contribution in [0.5, 0.6) is 5.75 Å². The summed E-state index contributed by atoms with van der Waals surface area (Å²) in [6.07, 6.45) is 3.50. The van der Waals surface area contributed by atoms with Gasteiger partial charge < -0.3 is 9.30 Å². The number of ether oxygens (including phenoxy) is 1. The Balaban J connectivity index is 1.80. The van der Waals surface area contributed by atoms with Crippen molar-refractivity contribution in [2.45, 2.75) is 0 Å². The number of para-hydroxylation sites is 1. The molecule has 0 unspecified atom stereocenters. The lowest BCUT2D eigenvalue weighted by Gasteiger charge is -2.29. The number of rotatable bonds is 3. The van der Waals surface area contributed by atoms with Crippen molar-refractivity contribution in [3.63, 3.8) is 0 Å². The van der Waals surface area contributed by atoms with Gasteiger partial charge in [-0.3, -0.25) is 19.8 Å². The summed E-state index contributed by atoms with van der Waals surface area (Å²) < 4.78 is 7.18. The number of aryl methyl sites for hydroxylation is 1. The molecule has 2 aromatic carbocycles. The van der Waals surface area contributed by atoms with Crippen molar-refractivity contribution in [1.29, 1.82) is 0 Å². The fraction of sp³-hybridized carbons (Fsp3) is 0.0952. The number of fused-ring (bicyclic) bond motifs is 1. The smallest absolute Gasteiger partial charge is 0.270 e. The van der Waals surface area contributed by atoms with E-state index in [1.165, 1.54) is 4.90 Å². The zero-order chi connectivity index (χ0) is 19.8. The van der Waals surface area contributed by atoms with Crippen molar-refractivity contribution in [3.05, 3.63) is 65.9 Å². The highest BCUT2D eigenvalue weighted by molar-refractivity contribution is 7.80. The maximum absolute atomic E-state index is 13.2. The predicted molar refractivity (Wildman–Crippen MR) is 112 cm³/mol. The molecule has 1 aliphatic heterocycles. The van der Waals surface area contributed by atoms with Crippen molar-refractivity contribution < 1.29 is 14.3 Å². The highest BCUT2D eigenvalue weighted by atomic mass is 32.1. The molecule has 2 amide bonds. The van der Waals surface area contributed by atoms with E-state index in [1.807, 2.05) is 42.1 Å². The van der Waals surface area contributed by atoms with Crippen molar-refractivity contribution in [2.24, 2.45) is 7.05 Å². The Labute approximate surface area is 167 Å². The highest BCUT2D eigenvalue weighted by Crippen LogP contribution is 2.27. The molecule has 2 heterocycles. The van der Waals surface area contributed by atoms with Crippen LogP contribution < -0.4 is 15.0 Å². The molecule has 140 valence electrons. The molecule has 0 bridgehead atoms. The van der Waals surface area contributed by atoms with E-state index in [2.05, 4.69) is 5.32 Å². The molecular weight excluding hydrogens is 374 g/mol. The molecule has 1 aromatic heterocycles. The minimum Gasteiger partial charge on any atom is -0.497 e. The monoisotopic (exact) mass is 391 g/mol. The van der Waals surface area contributed by atoms with Crippen LogP contribution >= 0.6 is 12.2 Å². The van der Waals surface area contributed by atoms with Gasteiger partial charge in [-0.25, -0.2) is 0 Å². The van der Waals surface area contributed by atoms with E-state index in [0.717, 1.165) is 16.5 Å². The largest absolute Gasteiger partial charge is 0.497 e. The molecule has 1 aliphatic rings. The Morgan fingerprint density at radius 2 is 1.89 bits per heavy atom. The first kappa shape index (κ1) is 17.9. The van der Waals surface area contributed by atoms with E-state index in [9.17, 15) is 9.59 Å². The number of hydrogen-bond acceptors (Lipinski definition) is 4. The lowest BCUT2D eigenvalue weighted by atomic mass is 10.1. The predicted octanol–water partition coefficient (Wildman–Crippen LogP) is 3.02. The molecule has 6 nitrogen and oxygen atoms in total. The number of nitrogens with zero attached hydrogens (tertiary/aromatic N) is 2. The number of thiocarbonyl (C=S) groups is 1. The molecule has 0 atom stereocenters. The Morgan fingerprint density at radius 1 is 1.11 bits per heavy atom. The molecule has 0 saturated carbocycles. The van der Waals surface area contributed by atoms with Gasteiger partial charge in [0.05, 0.1) is 12.8 Å². The summed E-state index contributed by atoms with van der Waals surface area (Å²) in [6, 6.07) is 14.8. The van der Waals surface area contributed by atoms with Crippen LogP contribution in [-0.4, -0.2) is 28.6 Å². The molecular formula is C21H17N3O3S. The van der Waals surface area contributed by atoms with E-state index < -0.39 is 11.8 Å². The molecule has 4 rings (SSSR count). The lowest BCUT2D eigenvalue weighted by Crippen LogP contribution is -2.54. The van der Waals surface area contributed by atoms with Gasteiger partial charge in [-0.1, -0.05) is 24.3 Å². The van der Waals surface area contributed by atoms with Crippen molar-refractivity contribution in [3.8, 4) is 5.75 Å². The normalized spacial score (nSPS) is 16.0. The number of aromatic nitrogens is 1. The fourth-order valence-electron chi connectivity index (χ4n) is 3.29. The average molecular weight is 391 g/mol. The summed E-state index contributed by atoms with van der Waals surface area (Å²) in [6.45, 7) is 0. The van der Waals surface area contributed by atoms with Gasteiger partial charge in [0.15, 0.2) is 5.11 Å². The molecule has 1 saturated heterocycles. The van der Waals surface area contributed by atoms with E-state index in [4.69, 9.17) is 17.0 Å². The molecule has 3 aromatic rings. The molecule has 0 aliphatic carbocycles. The second kappa shape index (κ2) is 6.94. The van der Waals surface area contributed by atoms with Crippen molar-refractivity contribution in [2.75, 3.05) is 12.0 Å². The van der Waals surface area contributed by atoms with E-state index >= 15 is 0 Å². The van der Waals surface area contributed by atoms with Gasteiger partial charge in [-0.05, 0) is 36.5 Å². The zero-order valence-corrected chi connectivity index (χ0v) is 16.1. The summed E-state index contributed by atoms with van der Waals surface area (Å²) in [7, 11) is 3.47. The molecule has 1 N–H and O–H groups in total. The summed E-state index contributed by atoms with van der Waals surface area (Å²) in [5.41, 5.74) is 2.35. The second-order valence-electron chi connectivity index (χ2n) is 6.37. The van der Waals surface area contributed by atoms with Crippen LogP contribution in [0.1, 0.15) is 5.56 Å². The lowest BCUT2D eigenvalue weighted by molar-refractivity contribution is -0.122. The van der Waals surface area contributed by atoms with Crippen molar-refractivity contribution in [1.82, 2.24) is 9.88 Å². The van der Waals surface area contributed by atoms with Crippen LogP contribution in [0.25, 0.3) is 17.0 Å². The fourth-order valence-corrected chi connectivity index (χ4v) is 3.57. The Bertz CT molecular complexity index is 1160. The first-order valence-electron chi connectivity index (χ1n) is 8.59. The van der Waals surface area contributed by atoms with Gasteiger partial charge in [0.1, 0.15) is 11.3 Å². The van der Waals surface area contributed by atoms with Crippen LogP contribution in [0, 0.1) is 0 Å². The van der Waals surface area contributed by atoms with Crippen molar-refractivity contribution >= 4 is 51.8 Å². The maximum atomic E-state index is 13.2. The summed E-state index contributed by atoms with van der Waals surface area (Å²) in [5.74, 6) is -0.401. The second-order valence-corrected chi connectivity index (χ2v) is 6.76. The third-order valence-corrected chi connectivity index (χ3v) is 4.93. The standard InChI is InChI=1S/C21H17N3O3S/c1-23-12-13(16-8-3-4-9-18(16)23)10-17-19(25)22-21(28)24(20(17)26)14-6-5-7-15(11-14)27-2/h3-12H,1-2H3,(H,22,25,28)/b17-10-. The van der Waals surface area contributed by atoms with Crippen LogP contribution in [0.2, 0.25) is 0 Å². The van der Waals surface area contributed by atoms with Crippen LogP contribution in [0.4, 0.5) is 5.69 Å². The molecule has 1 fully saturated rings. The first-order chi connectivity index (χ1) is 13.5. The molecule has 0 radical (unpaired) electrons. The van der Waals surface area contributed by atoms with Gasteiger partial charge in [0.25, 0.3) is 11.8 Å². The number of anilines is 1. The summed E-state index contributed by atoms with van der Waals surface area (Å²) in [4.78, 5) is 27.0. The minimum absolute atomic E-state index is 0.0211. The van der Waals surface area contributed by atoms with E-state index in [1.54, 1.807) is 37.5 Å². The topological polar surface area (TPSA) is 63.6 Å². The van der Waals surface area contributed by atoms with E-state index in [0.29, 0.717) is 11.4 Å². The number of carbonyl (C=O) groups is 2. The SMILES string of the molecule is COc1cccc(N2C(=O)/C(=C\c3cn(C)c4ccccc34)C(=O)NC2=S)c1. The summed E-state index contributed by atoms with van der Waals surface area (Å²) in [5, 5.41) is 3.60. The van der Waals surface area contributed by atoms with Gasteiger partial charge in [0, 0.05) is 35.8 Å². The third-order valence-electron chi connectivity index (χ3n) is 4.64. The molecule has 0 spiro atoms. The Morgan fingerprint density at radius 3 is 2.68 bits per heavy atom. The average Bonchev–Trinajstić information content (AvgIpc) is 3.01. The number of methoxy groups -OCH3 is 1. The van der Waals surface area contributed by atoms with Crippen LogP contribution in [0.3, 0.4) is 0 Å². The summed E-state index contributed by atoms with van der Waals surface area (Å²) >= 11 is 5.24. The van der Waals surface area contributed by atoms with Crippen LogP contribution in [0.15, 0.2) is 60.3 Å². The number of nitrogens with one attached hydrogen (secondary N) is 1. The van der Waals surface area contributed by atoms with Gasteiger partial charge >= 0.3 is 0 Å². The number of benzene rings is 2. The first-order valence-corrected chi connectivity index (χ1v) is 9.00. The minimum atomic E-state index is -0.512. The van der Waals surface area contributed by atoms with E-state index in [-0.39, 0.29) is 10.7 Å². The maximum Gasteiger partial charge on any atom is 0.270 e. The van der Waals surface area contributed by atoms with Crippen LogP contribution in [-0.2, 0) is 16.6 Å².